The molecule has 2 atom stereocenters. The first-order valence-electron chi connectivity index (χ1n) is 5.40. The number of ether oxygens (including phenoxy) is 1. The molecule has 0 spiro atoms. The largest absolute Gasteiger partial charge is 0.376 e. The van der Waals surface area contributed by atoms with E-state index in [1.165, 1.54) is 0 Å². The Labute approximate surface area is 85.4 Å². The molecule has 1 aliphatic rings. The maximum absolute atomic E-state index is 11.3. The van der Waals surface area contributed by atoms with E-state index in [-0.39, 0.29) is 18.2 Å². The molecule has 0 bridgehead atoms. The number of urea groups is 1. The number of carbonyl (C=O) groups is 1. The predicted octanol–water partition coefficient (Wildman–Crippen LogP) is 1.26. The Morgan fingerprint density at radius 3 is 2.93 bits per heavy atom. The van der Waals surface area contributed by atoms with Crippen LogP contribution in [0.3, 0.4) is 0 Å². The van der Waals surface area contributed by atoms with Crippen molar-refractivity contribution in [3.63, 3.8) is 0 Å². The van der Waals surface area contributed by atoms with E-state index in [1.54, 1.807) is 0 Å². The van der Waals surface area contributed by atoms with Crippen LogP contribution in [0, 0.1) is 0 Å². The van der Waals surface area contributed by atoms with Gasteiger partial charge in [-0.3, -0.25) is 0 Å². The SMILES string of the molecule is CCCCNC(=O)NC1CCOC1C. The van der Waals surface area contributed by atoms with Crippen molar-refractivity contribution < 1.29 is 9.53 Å². The van der Waals surface area contributed by atoms with Crippen molar-refractivity contribution in [1.29, 1.82) is 0 Å². The lowest BCUT2D eigenvalue weighted by Crippen LogP contribution is -2.45. The van der Waals surface area contributed by atoms with E-state index in [0.717, 1.165) is 32.4 Å². The zero-order valence-corrected chi connectivity index (χ0v) is 9.01. The van der Waals surface area contributed by atoms with Crippen LogP contribution in [0.4, 0.5) is 4.79 Å². The van der Waals surface area contributed by atoms with E-state index in [4.69, 9.17) is 4.74 Å². The van der Waals surface area contributed by atoms with Gasteiger partial charge < -0.3 is 15.4 Å². The Morgan fingerprint density at radius 1 is 1.57 bits per heavy atom. The molecule has 0 aromatic carbocycles. The van der Waals surface area contributed by atoms with Crippen LogP contribution in [0.5, 0.6) is 0 Å². The van der Waals surface area contributed by atoms with Crippen LogP contribution in [0.15, 0.2) is 0 Å². The molecule has 14 heavy (non-hydrogen) atoms. The average molecular weight is 200 g/mol. The van der Waals surface area contributed by atoms with Gasteiger partial charge in [-0.25, -0.2) is 4.79 Å². The van der Waals surface area contributed by atoms with Gasteiger partial charge in [-0.2, -0.15) is 0 Å². The van der Waals surface area contributed by atoms with Crippen molar-refractivity contribution >= 4 is 6.03 Å². The summed E-state index contributed by atoms with van der Waals surface area (Å²) in [5.41, 5.74) is 0. The fourth-order valence-corrected chi connectivity index (χ4v) is 1.52. The summed E-state index contributed by atoms with van der Waals surface area (Å²) in [6.45, 7) is 5.60. The van der Waals surface area contributed by atoms with Gasteiger partial charge in [0.25, 0.3) is 0 Å². The summed E-state index contributed by atoms with van der Waals surface area (Å²) in [5.74, 6) is 0. The lowest BCUT2D eigenvalue weighted by atomic mass is 10.2. The number of carbonyl (C=O) groups excluding carboxylic acids is 1. The zero-order chi connectivity index (χ0) is 10.4. The number of nitrogens with one attached hydrogen (secondary N) is 2. The van der Waals surface area contributed by atoms with Crippen molar-refractivity contribution in [2.45, 2.75) is 45.3 Å². The lowest BCUT2D eigenvalue weighted by molar-refractivity contribution is 0.114. The van der Waals surface area contributed by atoms with Crippen LogP contribution in [0.2, 0.25) is 0 Å². The molecule has 2 N–H and O–H groups in total. The molecule has 1 rings (SSSR count). The Balaban J connectivity index is 2.13. The van der Waals surface area contributed by atoms with E-state index in [1.807, 2.05) is 6.92 Å². The van der Waals surface area contributed by atoms with Gasteiger partial charge in [-0.1, -0.05) is 13.3 Å². The molecular weight excluding hydrogens is 180 g/mol. The molecule has 0 saturated carbocycles. The monoisotopic (exact) mass is 200 g/mol. The molecular formula is C10H20N2O2. The second-order valence-electron chi connectivity index (χ2n) is 3.72. The Hall–Kier alpha value is -0.770. The Kier molecular flexibility index (Phi) is 4.73. The highest BCUT2D eigenvalue weighted by Crippen LogP contribution is 2.11. The summed E-state index contributed by atoms with van der Waals surface area (Å²) in [7, 11) is 0. The molecule has 2 amide bonds. The molecule has 1 fully saturated rings. The topological polar surface area (TPSA) is 50.4 Å². The number of rotatable bonds is 4. The molecule has 4 heteroatoms. The second kappa shape index (κ2) is 5.86. The lowest BCUT2D eigenvalue weighted by Gasteiger charge is -2.16. The minimum absolute atomic E-state index is 0.0687. The summed E-state index contributed by atoms with van der Waals surface area (Å²) in [5, 5.41) is 5.74. The molecule has 82 valence electrons. The number of unbranched alkanes of at least 4 members (excludes halogenated alkanes) is 1. The van der Waals surface area contributed by atoms with E-state index >= 15 is 0 Å². The molecule has 0 aromatic heterocycles. The molecule has 1 saturated heterocycles. The Morgan fingerprint density at radius 2 is 2.36 bits per heavy atom. The highest BCUT2D eigenvalue weighted by molar-refractivity contribution is 5.74. The van der Waals surface area contributed by atoms with Gasteiger partial charge in [0.05, 0.1) is 12.1 Å². The summed E-state index contributed by atoms with van der Waals surface area (Å²) in [4.78, 5) is 11.3. The quantitative estimate of drug-likeness (QED) is 0.671. The number of amides is 2. The van der Waals surface area contributed by atoms with Crippen molar-refractivity contribution in [3.8, 4) is 0 Å². The van der Waals surface area contributed by atoms with Gasteiger partial charge in [0.15, 0.2) is 0 Å². The minimum Gasteiger partial charge on any atom is -0.376 e. The highest BCUT2D eigenvalue weighted by atomic mass is 16.5. The maximum Gasteiger partial charge on any atom is 0.315 e. The second-order valence-corrected chi connectivity index (χ2v) is 3.72. The van der Waals surface area contributed by atoms with Crippen molar-refractivity contribution in [2.75, 3.05) is 13.2 Å². The maximum atomic E-state index is 11.3. The van der Waals surface area contributed by atoms with Gasteiger partial charge in [0.1, 0.15) is 0 Å². The first-order valence-corrected chi connectivity index (χ1v) is 5.40. The highest BCUT2D eigenvalue weighted by Gasteiger charge is 2.25. The normalized spacial score (nSPS) is 26.1. The molecule has 4 nitrogen and oxygen atoms in total. The van der Waals surface area contributed by atoms with Crippen LogP contribution in [-0.2, 0) is 4.74 Å². The smallest absolute Gasteiger partial charge is 0.315 e. The third-order valence-corrected chi connectivity index (χ3v) is 2.51. The number of hydrogen-bond acceptors (Lipinski definition) is 2. The van der Waals surface area contributed by atoms with Gasteiger partial charge in [-0.05, 0) is 19.8 Å². The molecule has 2 unspecified atom stereocenters. The average Bonchev–Trinajstić information content (AvgIpc) is 2.52. The summed E-state index contributed by atoms with van der Waals surface area (Å²) in [6, 6.07) is 0.109. The molecule has 0 aromatic rings. The van der Waals surface area contributed by atoms with Crippen molar-refractivity contribution in [3.05, 3.63) is 0 Å². The fourth-order valence-electron chi connectivity index (χ4n) is 1.52. The van der Waals surface area contributed by atoms with Crippen LogP contribution in [0.1, 0.15) is 33.1 Å². The molecule has 1 aliphatic heterocycles. The van der Waals surface area contributed by atoms with Crippen LogP contribution < -0.4 is 10.6 Å². The summed E-state index contributed by atoms with van der Waals surface area (Å²) in [6.07, 6.45) is 3.20. The first kappa shape index (κ1) is 11.3. The fraction of sp³-hybridized carbons (Fsp3) is 0.900. The van der Waals surface area contributed by atoms with Gasteiger partial charge in [-0.15, -0.1) is 0 Å². The zero-order valence-electron chi connectivity index (χ0n) is 9.01. The molecule has 0 radical (unpaired) electrons. The summed E-state index contributed by atoms with van der Waals surface area (Å²) < 4.78 is 5.35. The standard InChI is InChI=1S/C10H20N2O2/c1-3-4-6-11-10(13)12-9-5-7-14-8(9)2/h8-9H,3-7H2,1-2H3,(H2,11,12,13). The minimum atomic E-state index is -0.0687. The van der Waals surface area contributed by atoms with Gasteiger partial charge in [0, 0.05) is 13.2 Å². The van der Waals surface area contributed by atoms with Gasteiger partial charge in [0.2, 0.25) is 0 Å². The molecule has 1 heterocycles. The predicted molar refractivity (Wildman–Crippen MR) is 55.3 cm³/mol. The molecule has 0 aliphatic carbocycles. The van der Waals surface area contributed by atoms with Gasteiger partial charge >= 0.3 is 6.03 Å². The van der Waals surface area contributed by atoms with Crippen molar-refractivity contribution in [2.24, 2.45) is 0 Å². The summed E-state index contributed by atoms with van der Waals surface area (Å²) >= 11 is 0. The Bertz CT molecular complexity index is 185. The first-order chi connectivity index (χ1) is 6.74. The van der Waals surface area contributed by atoms with Crippen LogP contribution in [0.25, 0.3) is 0 Å². The van der Waals surface area contributed by atoms with Crippen LogP contribution >= 0.6 is 0 Å². The van der Waals surface area contributed by atoms with E-state index in [0.29, 0.717) is 0 Å². The van der Waals surface area contributed by atoms with E-state index in [2.05, 4.69) is 17.6 Å². The third kappa shape index (κ3) is 3.54. The third-order valence-electron chi connectivity index (χ3n) is 2.51. The number of hydrogen-bond donors (Lipinski definition) is 2. The van der Waals surface area contributed by atoms with Crippen LogP contribution in [-0.4, -0.2) is 31.3 Å². The van der Waals surface area contributed by atoms with E-state index < -0.39 is 0 Å². The van der Waals surface area contributed by atoms with E-state index in [9.17, 15) is 4.79 Å². The van der Waals surface area contributed by atoms with Crippen molar-refractivity contribution in [1.82, 2.24) is 10.6 Å².